The normalized spacial score (nSPS) is 10.9. The van der Waals surface area contributed by atoms with Gasteiger partial charge < -0.3 is 0 Å². The van der Waals surface area contributed by atoms with E-state index < -0.39 is 0 Å². The van der Waals surface area contributed by atoms with Crippen molar-refractivity contribution in [3.05, 3.63) is 40.2 Å². The van der Waals surface area contributed by atoms with Gasteiger partial charge in [0.1, 0.15) is 0 Å². The van der Waals surface area contributed by atoms with Crippen LogP contribution in [-0.2, 0) is 0 Å². The number of rotatable bonds is 2. The van der Waals surface area contributed by atoms with E-state index in [9.17, 15) is 0 Å². The number of thiazole rings is 1. The predicted octanol–water partition coefficient (Wildman–Crippen LogP) is 4.24. The Kier molecular flexibility index (Phi) is 2.87. The molecule has 0 aliphatic rings. The fraction of sp³-hybridized carbons (Fsp3) is 0.308. The first-order valence-electron chi connectivity index (χ1n) is 5.19. The first kappa shape index (κ1) is 10.4. The van der Waals surface area contributed by atoms with Crippen molar-refractivity contribution in [2.24, 2.45) is 0 Å². The quantitative estimate of drug-likeness (QED) is 0.733. The van der Waals surface area contributed by atoms with Gasteiger partial charge in [0.25, 0.3) is 0 Å². The number of hydrogen-bond acceptors (Lipinski definition) is 2. The van der Waals surface area contributed by atoms with Crippen molar-refractivity contribution < 1.29 is 0 Å². The van der Waals surface area contributed by atoms with E-state index in [0.29, 0.717) is 5.92 Å². The largest absolute Gasteiger partial charge is 0.242 e. The molecule has 1 nitrogen and oxygen atoms in total. The van der Waals surface area contributed by atoms with Gasteiger partial charge in [0.2, 0.25) is 0 Å². The van der Waals surface area contributed by atoms with Crippen molar-refractivity contribution in [3.63, 3.8) is 0 Å². The van der Waals surface area contributed by atoms with E-state index in [1.807, 2.05) is 6.92 Å². The maximum atomic E-state index is 4.50. The third kappa shape index (κ3) is 2.26. The lowest BCUT2D eigenvalue weighted by Crippen LogP contribution is -1.87. The van der Waals surface area contributed by atoms with Crippen molar-refractivity contribution in [1.82, 2.24) is 4.98 Å². The summed E-state index contributed by atoms with van der Waals surface area (Å²) in [5.74, 6) is 0.574. The Morgan fingerprint density at radius 3 is 2.67 bits per heavy atom. The molecule has 0 spiro atoms. The lowest BCUT2D eigenvalue weighted by atomic mass is 10.0. The molecule has 2 aromatic rings. The van der Waals surface area contributed by atoms with Crippen LogP contribution in [0.2, 0.25) is 0 Å². The van der Waals surface area contributed by atoms with Gasteiger partial charge in [-0.1, -0.05) is 32.0 Å². The smallest absolute Gasteiger partial charge is 0.0901 e. The summed E-state index contributed by atoms with van der Waals surface area (Å²) in [6.45, 7) is 6.47. The third-order valence-electron chi connectivity index (χ3n) is 2.47. The van der Waals surface area contributed by atoms with Crippen LogP contribution in [-0.4, -0.2) is 4.98 Å². The first-order valence-corrected chi connectivity index (χ1v) is 6.07. The summed E-state index contributed by atoms with van der Waals surface area (Å²) in [4.78, 5) is 4.50. The highest BCUT2D eigenvalue weighted by atomic mass is 32.1. The van der Waals surface area contributed by atoms with E-state index in [0.717, 1.165) is 10.7 Å². The van der Waals surface area contributed by atoms with Gasteiger partial charge in [0, 0.05) is 10.9 Å². The Morgan fingerprint density at radius 1 is 1.27 bits per heavy atom. The average molecular weight is 217 g/mol. The average Bonchev–Trinajstić information content (AvgIpc) is 2.65. The SMILES string of the molecule is Cc1nc(-c2cccc(C(C)C)c2)cs1. The number of aryl methyl sites for hydroxylation is 1. The molecule has 15 heavy (non-hydrogen) atoms. The lowest BCUT2D eigenvalue weighted by Gasteiger charge is -2.06. The molecule has 1 aromatic heterocycles. The molecule has 0 saturated carbocycles. The fourth-order valence-corrected chi connectivity index (χ4v) is 2.18. The standard InChI is InChI=1S/C13H15NS/c1-9(2)11-5-4-6-12(7-11)13-8-15-10(3)14-13/h4-9H,1-3H3. The Labute approximate surface area is 94.8 Å². The van der Waals surface area contributed by atoms with Crippen LogP contribution in [0.3, 0.4) is 0 Å². The minimum Gasteiger partial charge on any atom is -0.242 e. The maximum Gasteiger partial charge on any atom is 0.0901 e. The van der Waals surface area contributed by atoms with Crippen LogP contribution in [0.15, 0.2) is 29.6 Å². The molecule has 0 fully saturated rings. The second kappa shape index (κ2) is 4.15. The molecule has 0 bridgehead atoms. The highest BCUT2D eigenvalue weighted by Crippen LogP contribution is 2.24. The third-order valence-corrected chi connectivity index (χ3v) is 3.24. The molecule has 0 atom stereocenters. The second-order valence-corrected chi connectivity index (χ2v) is 5.09. The molecule has 1 heterocycles. The van der Waals surface area contributed by atoms with Gasteiger partial charge in [-0.15, -0.1) is 11.3 Å². The molecule has 0 saturated heterocycles. The van der Waals surface area contributed by atoms with Gasteiger partial charge in [-0.2, -0.15) is 0 Å². The van der Waals surface area contributed by atoms with E-state index in [1.54, 1.807) is 11.3 Å². The van der Waals surface area contributed by atoms with Gasteiger partial charge in [-0.05, 0) is 24.5 Å². The molecule has 1 aromatic carbocycles. The fourth-order valence-electron chi connectivity index (χ4n) is 1.55. The summed E-state index contributed by atoms with van der Waals surface area (Å²) in [6.07, 6.45) is 0. The minimum atomic E-state index is 0.574. The molecule has 2 rings (SSSR count). The summed E-state index contributed by atoms with van der Waals surface area (Å²) in [6, 6.07) is 8.65. The lowest BCUT2D eigenvalue weighted by molar-refractivity contribution is 0.867. The molecule has 0 unspecified atom stereocenters. The topological polar surface area (TPSA) is 12.9 Å². The van der Waals surface area contributed by atoms with Crippen LogP contribution in [0.4, 0.5) is 0 Å². The van der Waals surface area contributed by atoms with E-state index in [1.165, 1.54) is 11.1 Å². The van der Waals surface area contributed by atoms with Gasteiger partial charge in [-0.3, -0.25) is 0 Å². The van der Waals surface area contributed by atoms with E-state index in [2.05, 4.69) is 48.5 Å². The van der Waals surface area contributed by atoms with Gasteiger partial charge in [0.05, 0.1) is 10.7 Å². The van der Waals surface area contributed by atoms with Gasteiger partial charge in [-0.25, -0.2) is 4.98 Å². The zero-order valence-electron chi connectivity index (χ0n) is 9.32. The zero-order valence-corrected chi connectivity index (χ0v) is 10.1. The summed E-state index contributed by atoms with van der Waals surface area (Å²) < 4.78 is 0. The molecule has 78 valence electrons. The van der Waals surface area contributed by atoms with Crippen LogP contribution < -0.4 is 0 Å². The molecule has 0 amide bonds. The summed E-state index contributed by atoms with van der Waals surface area (Å²) in [5.41, 5.74) is 3.70. The molecule has 0 radical (unpaired) electrons. The zero-order chi connectivity index (χ0) is 10.8. The monoisotopic (exact) mass is 217 g/mol. The molecular formula is C13H15NS. The second-order valence-electron chi connectivity index (χ2n) is 4.03. The van der Waals surface area contributed by atoms with Crippen molar-refractivity contribution in [2.45, 2.75) is 26.7 Å². The maximum absolute atomic E-state index is 4.50. The van der Waals surface area contributed by atoms with Gasteiger partial charge in [0.15, 0.2) is 0 Å². The Bertz CT molecular complexity index is 457. The van der Waals surface area contributed by atoms with Crippen LogP contribution in [0.5, 0.6) is 0 Å². The number of benzene rings is 1. The predicted molar refractivity (Wildman–Crippen MR) is 66.4 cm³/mol. The van der Waals surface area contributed by atoms with Crippen molar-refractivity contribution in [3.8, 4) is 11.3 Å². The van der Waals surface area contributed by atoms with Crippen LogP contribution in [0, 0.1) is 6.92 Å². The number of hydrogen-bond donors (Lipinski definition) is 0. The van der Waals surface area contributed by atoms with E-state index in [-0.39, 0.29) is 0 Å². The molecule has 0 aliphatic carbocycles. The highest BCUT2D eigenvalue weighted by molar-refractivity contribution is 7.09. The van der Waals surface area contributed by atoms with E-state index >= 15 is 0 Å². The van der Waals surface area contributed by atoms with Crippen molar-refractivity contribution in [2.75, 3.05) is 0 Å². The molecule has 2 heteroatoms. The van der Waals surface area contributed by atoms with Crippen LogP contribution in [0.25, 0.3) is 11.3 Å². The summed E-state index contributed by atoms with van der Waals surface area (Å²) in [7, 11) is 0. The van der Waals surface area contributed by atoms with E-state index in [4.69, 9.17) is 0 Å². The van der Waals surface area contributed by atoms with Crippen molar-refractivity contribution >= 4 is 11.3 Å². The highest BCUT2D eigenvalue weighted by Gasteiger charge is 2.04. The van der Waals surface area contributed by atoms with Crippen molar-refractivity contribution in [1.29, 1.82) is 0 Å². The number of aromatic nitrogens is 1. The first-order chi connectivity index (χ1) is 7.16. The Morgan fingerprint density at radius 2 is 2.07 bits per heavy atom. The molecule has 0 N–H and O–H groups in total. The summed E-state index contributed by atoms with van der Waals surface area (Å²) in [5, 5.41) is 3.24. The van der Waals surface area contributed by atoms with Gasteiger partial charge >= 0.3 is 0 Å². The molecule has 0 aliphatic heterocycles. The Hall–Kier alpha value is -1.15. The minimum absolute atomic E-state index is 0.574. The van der Waals surface area contributed by atoms with Crippen LogP contribution in [0.1, 0.15) is 30.3 Å². The van der Waals surface area contributed by atoms with Crippen LogP contribution >= 0.6 is 11.3 Å². The summed E-state index contributed by atoms with van der Waals surface area (Å²) >= 11 is 1.70. The molecular weight excluding hydrogens is 202 g/mol. The number of nitrogens with zero attached hydrogens (tertiary/aromatic N) is 1. The Balaban J connectivity index is 2.41.